The second-order valence-electron chi connectivity index (χ2n) is 6.39. The monoisotopic (exact) mass is 511 g/mol. The largest absolute Gasteiger partial charge is 0.356 e. The van der Waals surface area contributed by atoms with Crippen molar-refractivity contribution in [3.05, 3.63) is 75.3 Å². The van der Waals surface area contributed by atoms with E-state index in [0.717, 1.165) is 5.56 Å². The van der Waals surface area contributed by atoms with Gasteiger partial charge in [-0.05, 0) is 24.1 Å². The molecule has 0 atom stereocenters. The van der Waals surface area contributed by atoms with Crippen LogP contribution < -0.4 is 10.6 Å². The summed E-state index contributed by atoms with van der Waals surface area (Å²) in [6.07, 6.45) is 0.709. The molecule has 0 aliphatic rings. The summed E-state index contributed by atoms with van der Waals surface area (Å²) in [4.78, 5) is 28.4. The fourth-order valence-electron chi connectivity index (χ4n) is 2.68. The molecule has 2 aromatic rings. The Kier molecular flexibility index (Phi) is 10.1. The van der Waals surface area contributed by atoms with Crippen LogP contribution in [0.4, 0.5) is 5.69 Å². The fraction of sp³-hybridized carbons (Fsp3) is 0.300. The molecule has 0 aliphatic carbocycles. The molecule has 0 unspecified atom stereocenters. The lowest BCUT2D eigenvalue weighted by Crippen LogP contribution is -2.38. The summed E-state index contributed by atoms with van der Waals surface area (Å²) in [5.41, 5.74) is 2.36. The number of para-hydroxylation sites is 1. The van der Waals surface area contributed by atoms with Crippen LogP contribution in [-0.2, 0) is 13.0 Å². The lowest BCUT2D eigenvalue weighted by Gasteiger charge is -2.13. The predicted octanol–water partition coefficient (Wildman–Crippen LogP) is 2.82. The molecule has 0 fully saturated rings. The van der Waals surface area contributed by atoms with E-state index in [4.69, 9.17) is 0 Å². The van der Waals surface area contributed by atoms with Crippen molar-refractivity contribution in [3.8, 4) is 0 Å². The van der Waals surface area contributed by atoms with Crippen molar-refractivity contribution in [1.29, 1.82) is 0 Å². The number of carbonyl (C=O) groups excluding carboxylic acids is 1. The van der Waals surface area contributed by atoms with Crippen LogP contribution in [0.15, 0.2) is 53.5 Å². The number of nitro benzene ring substituents is 1. The Morgan fingerprint density at radius 2 is 1.86 bits per heavy atom. The zero-order valence-corrected chi connectivity index (χ0v) is 19.0. The summed E-state index contributed by atoms with van der Waals surface area (Å²) < 4.78 is 0. The summed E-state index contributed by atoms with van der Waals surface area (Å²) >= 11 is 0. The van der Waals surface area contributed by atoms with Crippen LogP contribution in [0.3, 0.4) is 0 Å². The van der Waals surface area contributed by atoms with E-state index in [1.54, 1.807) is 50.3 Å². The number of aliphatic imine (C=N–C) groups is 1. The number of benzene rings is 2. The minimum absolute atomic E-state index is 0. The van der Waals surface area contributed by atoms with E-state index in [2.05, 4.69) is 15.6 Å². The Hall–Kier alpha value is -2.69. The van der Waals surface area contributed by atoms with Gasteiger partial charge in [-0.2, -0.15) is 0 Å². The number of amides is 1. The van der Waals surface area contributed by atoms with Crippen LogP contribution in [0.25, 0.3) is 0 Å². The topological polar surface area (TPSA) is 99.9 Å². The minimum atomic E-state index is -0.394. The molecule has 0 aromatic heterocycles. The summed E-state index contributed by atoms with van der Waals surface area (Å²) in [6.45, 7) is 0.903. The first-order valence-corrected chi connectivity index (χ1v) is 8.89. The molecular formula is C20H26IN5O3. The lowest BCUT2D eigenvalue weighted by atomic mass is 10.1. The molecule has 2 aromatic carbocycles. The number of nitrogens with zero attached hydrogens (tertiary/aromatic N) is 3. The Morgan fingerprint density at radius 1 is 1.14 bits per heavy atom. The van der Waals surface area contributed by atoms with Crippen LogP contribution in [0.5, 0.6) is 0 Å². The zero-order valence-electron chi connectivity index (χ0n) is 16.7. The van der Waals surface area contributed by atoms with E-state index in [-0.39, 0.29) is 35.6 Å². The second-order valence-corrected chi connectivity index (χ2v) is 6.39. The highest BCUT2D eigenvalue weighted by molar-refractivity contribution is 14.0. The van der Waals surface area contributed by atoms with Crippen molar-refractivity contribution in [2.75, 3.05) is 27.7 Å². The first kappa shape index (κ1) is 24.3. The number of nitro groups is 1. The number of hydrogen-bond acceptors (Lipinski definition) is 4. The highest BCUT2D eigenvalue weighted by atomic mass is 127. The fourth-order valence-corrected chi connectivity index (χ4v) is 2.68. The predicted molar refractivity (Wildman–Crippen MR) is 125 cm³/mol. The third-order valence-electron chi connectivity index (χ3n) is 4.14. The maximum atomic E-state index is 12.1. The van der Waals surface area contributed by atoms with E-state index in [9.17, 15) is 14.9 Å². The van der Waals surface area contributed by atoms with Gasteiger partial charge in [0, 0.05) is 51.4 Å². The van der Waals surface area contributed by atoms with Crippen LogP contribution >= 0.6 is 24.0 Å². The third kappa shape index (κ3) is 7.33. The number of guanidine groups is 1. The molecule has 9 heteroatoms. The molecule has 0 saturated heterocycles. The molecule has 1 amide bonds. The van der Waals surface area contributed by atoms with Gasteiger partial charge in [0.15, 0.2) is 5.96 Å². The van der Waals surface area contributed by atoms with Gasteiger partial charge in [-0.3, -0.25) is 19.9 Å². The van der Waals surface area contributed by atoms with Gasteiger partial charge in [-0.25, -0.2) is 0 Å². The first-order valence-electron chi connectivity index (χ1n) is 8.89. The van der Waals surface area contributed by atoms with E-state index in [1.165, 1.54) is 6.07 Å². The van der Waals surface area contributed by atoms with Crippen molar-refractivity contribution in [2.45, 2.75) is 13.0 Å². The van der Waals surface area contributed by atoms with Gasteiger partial charge < -0.3 is 15.5 Å². The van der Waals surface area contributed by atoms with E-state index in [0.29, 0.717) is 36.6 Å². The molecule has 29 heavy (non-hydrogen) atoms. The van der Waals surface area contributed by atoms with Gasteiger partial charge >= 0.3 is 0 Å². The number of rotatable bonds is 7. The van der Waals surface area contributed by atoms with Gasteiger partial charge in [0.05, 0.1) is 4.92 Å². The first-order chi connectivity index (χ1) is 13.4. The van der Waals surface area contributed by atoms with Gasteiger partial charge in [0.1, 0.15) is 0 Å². The van der Waals surface area contributed by atoms with Gasteiger partial charge in [0.25, 0.3) is 11.6 Å². The molecule has 0 saturated carbocycles. The Labute approximate surface area is 187 Å². The Balaban J connectivity index is 0.00000420. The molecule has 0 aliphatic heterocycles. The molecule has 8 nitrogen and oxygen atoms in total. The summed E-state index contributed by atoms with van der Waals surface area (Å²) in [5.74, 6) is 0.524. The molecule has 0 heterocycles. The highest BCUT2D eigenvalue weighted by Gasteiger charge is 2.12. The maximum Gasteiger partial charge on any atom is 0.274 e. The minimum Gasteiger partial charge on any atom is -0.356 e. The SMILES string of the molecule is CN=C(NCCc1cccc(C(=O)N(C)C)c1)NCc1ccccc1[N+](=O)[O-].I. The third-order valence-corrected chi connectivity index (χ3v) is 4.14. The molecule has 2 N–H and O–H groups in total. The van der Waals surface area contributed by atoms with Crippen molar-refractivity contribution >= 4 is 41.5 Å². The summed E-state index contributed by atoms with van der Waals surface area (Å²) in [5, 5.41) is 17.4. The second kappa shape index (κ2) is 12.0. The van der Waals surface area contributed by atoms with Crippen LogP contribution in [0, 0.1) is 10.1 Å². The quantitative estimate of drug-likeness (QED) is 0.196. The van der Waals surface area contributed by atoms with Crippen LogP contribution in [-0.4, -0.2) is 49.4 Å². The molecule has 0 radical (unpaired) electrons. The number of halogens is 1. The van der Waals surface area contributed by atoms with Gasteiger partial charge in [-0.1, -0.05) is 30.3 Å². The summed E-state index contributed by atoms with van der Waals surface area (Å²) in [6, 6.07) is 14.1. The van der Waals surface area contributed by atoms with Crippen LogP contribution in [0.2, 0.25) is 0 Å². The van der Waals surface area contributed by atoms with Gasteiger partial charge in [0.2, 0.25) is 0 Å². The molecule has 0 bridgehead atoms. The maximum absolute atomic E-state index is 12.1. The Bertz CT molecular complexity index is 871. The smallest absolute Gasteiger partial charge is 0.274 e. The van der Waals surface area contributed by atoms with Crippen molar-refractivity contribution in [1.82, 2.24) is 15.5 Å². The molecule has 2 rings (SSSR count). The average molecular weight is 511 g/mol. The lowest BCUT2D eigenvalue weighted by molar-refractivity contribution is -0.385. The summed E-state index contributed by atoms with van der Waals surface area (Å²) in [7, 11) is 5.09. The Morgan fingerprint density at radius 3 is 2.52 bits per heavy atom. The van der Waals surface area contributed by atoms with E-state index < -0.39 is 4.92 Å². The standard InChI is InChI=1S/C20H25N5O3.HI/c1-21-20(23-14-17-8-4-5-10-18(17)25(27)28)22-12-11-15-7-6-9-16(13-15)19(26)24(2)3;/h4-10,13H,11-12,14H2,1-3H3,(H2,21,22,23);1H. The normalized spacial score (nSPS) is 10.7. The van der Waals surface area contributed by atoms with E-state index >= 15 is 0 Å². The number of nitrogens with one attached hydrogen (secondary N) is 2. The van der Waals surface area contributed by atoms with Crippen molar-refractivity contribution < 1.29 is 9.72 Å². The van der Waals surface area contributed by atoms with E-state index in [1.807, 2.05) is 18.2 Å². The molecule has 156 valence electrons. The molecule has 0 spiro atoms. The zero-order chi connectivity index (χ0) is 20.5. The average Bonchev–Trinajstić information content (AvgIpc) is 2.70. The number of carbonyl (C=O) groups is 1. The van der Waals surface area contributed by atoms with Crippen molar-refractivity contribution in [2.24, 2.45) is 4.99 Å². The van der Waals surface area contributed by atoms with Crippen molar-refractivity contribution in [3.63, 3.8) is 0 Å². The molecular weight excluding hydrogens is 485 g/mol. The number of hydrogen-bond donors (Lipinski definition) is 2. The highest BCUT2D eigenvalue weighted by Crippen LogP contribution is 2.17. The van der Waals surface area contributed by atoms with Gasteiger partial charge in [-0.15, -0.1) is 24.0 Å². The van der Waals surface area contributed by atoms with Crippen LogP contribution in [0.1, 0.15) is 21.5 Å².